The maximum atomic E-state index is 12.3. The Morgan fingerprint density at radius 3 is 2.64 bits per heavy atom. The van der Waals surface area contributed by atoms with Gasteiger partial charge in [-0.05, 0) is 19.1 Å². The van der Waals surface area contributed by atoms with Crippen molar-refractivity contribution in [3.63, 3.8) is 0 Å². The molecule has 1 fully saturated rings. The normalized spacial score (nSPS) is 15.0. The SMILES string of the molecule is COc1cccc(N2CCN(C(=O)c3cc(C)on3)CC2)c1. The number of methoxy groups -OCH3 is 1. The van der Waals surface area contributed by atoms with Crippen LogP contribution in [0.5, 0.6) is 5.75 Å². The quantitative estimate of drug-likeness (QED) is 0.867. The van der Waals surface area contributed by atoms with E-state index in [0.717, 1.165) is 24.5 Å². The fourth-order valence-electron chi connectivity index (χ4n) is 2.60. The standard InChI is InChI=1S/C16H19N3O3/c1-12-10-15(17-22-12)16(20)19-8-6-18(7-9-19)13-4-3-5-14(11-13)21-2/h3-5,10-11H,6-9H2,1-2H3. The first-order valence-electron chi connectivity index (χ1n) is 7.29. The zero-order valence-corrected chi connectivity index (χ0v) is 12.8. The van der Waals surface area contributed by atoms with E-state index in [9.17, 15) is 4.79 Å². The summed E-state index contributed by atoms with van der Waals surface area (Å²) in [5, 5.41) is 3.79. The number of hydrogen-bond donors (Lipinski definition) is 0. The zero-order valence-electron chi connectivity index (χ0n) is 12.8. The molecule has 6 heteroatoms. The maximum absolute atomic E-state index is 12.3. The third-order valence-corrected chi connectivity index (χ3v) is 3.83. The lowest BCUT2D eigenvalue weighted by atomic mass is 10.2. The number of amides is 1. The number of benzene rings is 1. The van der Waals surface area contributed by atoms with Crippen molar-refractivity contribution in [2.45, 2.75) is 6.92 Å². The van der Waals surface area contributed by atoms with Crippen molar-refractivity contribution in [1.82, 2.24) is 10.1 Å². The molecule has 0 atom stereocenters. The highest BCUT2D eigenvalue weighted by Gasteiger charge is 2.24. The molecule has 0 unspecified atom stereocenters. The summed E-state index contributed by atoms with van der Waals surface area (Å²) in [5.41, 5.74) is 1.50. The number of rotatable bonds is 3. The van der Waals surface area contributed by atoms with Crippen molar-refractivity contribution in [2.75, 3.05) is 38.2 Å². The van der Waals surface area contributed by atoms with Gasteiger partial charge in [0.25, 0.3) is 5.91 Å². The molecule has 0 saturated carbocycles. The van der Waals surface area contributed by atoms with Crippen LogP contribution in [0.15, 0.2) is 34.9 Å². The van der Waals surface area contributed by atoms with Crippen LogP contribution in [0.4, 0.5) is 5.69 Å². The minimum Gasteiger partial charge on any atom is -0.497 e. The summed E-state index contributed by atoms with van der Waals surface area (Å²) in [6.45, 7) is 4.69. The molecule has 2 aromatic rings. The van der Waals surface area contributed by atoms with Crippen LogP contribution in [0.2, 0.25) is 0 Å². The molecule has 1 aromatic carbocycles. The lowest BCUT2D eigenvalue weighted by Crippen LogP contribution is -2.48. The Kier molecular flexibility index (Phi) is 4.00. The maximum Gasteiger partial charge on any atom is 0.276 e. The average Bonchev–Trinajstić information content (AvgIpc) is 3.01. The average molecular weight is 301 g/mol. The van der Waals surface area contributed by atoms with E-state index in [0.29, 0.717) is 24.5 Å². The van der Waals surface area contributed by atoms with Gasteiger partial charge in [0, 0.05) is 44.0 Å². The molecule has 0 bridgehead atoms. The lowest BCUT2D eigenvalue weighted by molar-refractivity contribution is 0.0736. The smallest absolute Gasteiger partial charge is 0.276 e. The van der Waals surface area contributed by atoms with Crippen LogP contribution < -0.4 is 9.64 Å². The minimum atomic E-state index is -0.0675. The Morgan fingerprint density at radius 2 is 2.00 bits per heavy atom. The van der Waals surface area contributed by atoms with E-state index in [2.05, 4.69) is 16.1 Å². The molecule has 0 N–H and O–H groups in total. The number of hydrogen-bond acceptors (Lipinski definition) is 5. The van der Waals surface area contributed by atoms with Gasteiger partial charge in [0.2, 0.25) is 0 Å². The van der Waals surface area contributed by atoms with Gasteiger partial charge in [0.15, 0.2) is 5.69 Å². The molecular weight excluding hydrogens is 282 g/mol. The summed E-state index contributed by atoms with van der Waals surface area (Å²) < 4.78 is 10.2. The molecule has 1 saturated heterocycles. The van der Waals surface area contributed by atoms with Crippen molar-refractivity contribution in [3.8, 4) is 5.75 Å². The molecular formula is C16H19N3O3. The fourth-order valence-corrected chi connectivity index (χ4v) is 2.60. The van der Waals surface area contributed by atoms with Gasteiger partial charge in [-0.15, -0.1) is 0 Å². The van der Waals surface area contributed by atoms with Crippen LogP contribution in [-0.2, 0) is 0 Å². The Labute approximate surface area is 129 Å². The third-order valence-electron chi connectivity index (χ3n) is 3.83. The van der Waals surface area contributed by atoms with E-state index in [1.165, 1.54) is 0 Å². The molecule has 116 valence electrons. The highest BCUT2D eigenvalue weighted by molar-refractivity contribution is 5.92. The summed E-state index contributed by atoms with van der Waals surface area (Å²) in [5.74, 6) is 1.43. The molecule has 22 heavy (non-hydrogen) atoms. The molecule has 1 amide bonds. The summed E-state index contributed by atoms with van der Waals surface area (Å²) >= 11 is 0. The number of aromatic nitrogens is 1. The number of piperazine rings is 1. The van der Waals surface area contributed by atoms with Crippen LogP contribution in [0, 0.1) is 6.92 Å². The van der Waals surface area contributed by atoms with Gasteiger partial charge in [0.1, 0.15) is 11.5 Å². The third kappa shape index (κ3) is 2.90. The lowest BCUT2D eigenvalue weighted by Gasteiger charge is -2.35. The Balaban J connectivity index is 1.63. The Hall–Kier alpha value is -2.50. The van der Waals surface area contributed by atoms with E-state index in [1.807, 2.05) is 23.1 Å². The van der Waals surface area contributed by atoms with Crippen molar-refractivity contribution in [1.29, 1.82) is 0 Å². The zero-order chi connectivity index (χ0) is 15.5. The van der Waals surface area contributed by atoms with E-state index in [-0.39, 0.29) is 5.91 Å². The van der Waals surface area contributed by atoms with Crippen molar-refractivity contribution >= 4 is 11.6 Å². The molecule has 6 nitrogen and oxygen atoms in total. The summed E-state index contributed by atoms with van der Waals surface area (Å²) in [7, 11) is 1.66. The number of carbonyl (C=O) groups is 1. The second-order valence-corrected chi connectivity index (χ2v) is 5.30. The van der Waals surface area contributed by atoms with Crippen LogP contribution in [-0.4, -0.2) is 49.3 Å². The van der Waals surface area contributed by atoms with Crippen LogP contribution in [0.3, 0.4) is 0 Å². The summed E-state index contributed by atoms with van der Waals surface area (Å²) in [6.07, 6.45) is 0. The number of aryl methyl sites for hydroxylation is 1. The second kappa shape index (κ2) is 6.09. The monoisotopic (exact) mass is 301 g/mol. The van der Waals surface area contributed by atoms with Gasteiger partial charge < -0.3 is 19.1 Å². The van der Waals surface area contributed by atoms with Crippen molar-refractivity contribution in [3.05, 3.63) is 41.8 Å². The first-order chi connectivity index (χ1) is 10.7. The minimum absolute atomic E-state index is 0.0675. The topological polar surface area (TPSA) is 58.8 Å². The second-order valence-electron chi connectivity index (χ2n) is 5.30. The fraction of sp³-hybridized carbons (Fsp3) is 0.375. The predicted molar refractivity (Wildman–Crippen MR) is 82.4 cm³/mol. The van der Waals surface area contributed by atoms with E-state index in [1.54, 1.807) is 20.1 Å². The molecule has 0 radical (unpaired) electrons. The van der Waals surface area contributed by atoms with E-state index < -0.39 is 0 Å². The van der Waals surface area contributed by atoms with Gasteiger partial charge in [0.05, 0.1) is 7.11 Å². The predicted octanol–water partition coefficient (Wildman–Crippen LogP) is 1.95. The highest BCUT2D eigenvalue weighted by atomic mass is 16.5. The first-order valence-corrected chi connectivity index (χ1v) is 7.29. The largest absolute Gasteiger partial charge is 0.497 e. The van der Waals surface area contributed by atoms with E-state index >= 15 is 0 Å². The number of carbonyl (C=O) groups excluding carboxylic acids is 1. The molecule has 1 aliphatic rings. The number of ether oxygens (including phenoxy) is 1. The van der Waals surface area contributed by atoms with Crippen molar-refractivity contribution < 1.29 is 14.1 Å². The Bertz CT molecular complexity index is 660. The van der Waals surface area contributed by atoms with Gasteiger partial charge >= 0.3 is 0 Å². The van der Waals surface area contributed by atoms with Crippen LogP contribution in [0.1, 0.15) is 16.2 Å². The van der Waals surface area contributed by atoms with Gasteiger partial charge in [-0.1, -0.05) is 11.2 Å². The Morgan fingerprint density at radius 1 is 1.23 bits per heavy atom. The van der Waals surface area contributed by atoms with Gasteiger partial charge in [-0.3, -0.25) is 4.79 Å². The first kappa shape index (κ1) is 14.4. The highest BCUT2D eigenvalue weighted by Crippen LogP contribution is 2.22. The number of anilines is 1. The van der Waals surface area contributed by atoms with Gasteiger partial charge in [-0.25, -0.2) is 0 Å². The molecule has 0 aliphatic carbocycles. The van der Waals surface area contributed by atoms with Crippen LogP contribution >= 0.6 is 0 Å². The molecule has 0 spiro atoms. The summed E-state index contributed by atoms with van der Waals surface area (Å²) in [6, 6.07) is 9.65. The van der Waals surface area contributed by atoms with Crippen LogP contribution in [0.25, 0.3) is 0 Å². The number of nitrogens with zero attached hydrogens (tertiary/aromatic N) is 3. The molecule has 2 heterocycles. The van der Waals surface area contributed by atoms with E-state index in [4.69, 9.17) is 9.26 Å². The van der Waals surface area contributed by atoms with Crippen molar-refractivity contribution in [2.24, 2.45) is 0 Å². The summed E-state index contributed by atoms with van der Waals surface area (Å²) in [4.78, 5) is 16.4. The molecule has 1 aromatic heterocycles. The van der Waals surface area contributed by atoms with Gasteiger partial charge in [-0.2, -0.15) is 0 Å². The molecule has 1 aliphatic heterocycles. The molecule has 3 rings (SSSR count).